The van der Waals surface area contributed by atoms with E-state index in [9.17, 15) is 4.79 Å². The molecule has 1 aromatic rings. The van der Waals surface area contributed by atoms with Gasteiger partial charge in [-0.05, 0) is 31.4 Å². The van der Waals surface area contributed by atoms with E-state index in [1.807, 2.05) is 6.07 Å². The molecule has 2 heterocycles. The number of hydrogen-bond donors (Lipinski definition) is 2. The van der Waals surface area contributed by atoms with Crippen molar-refractivity contribution < 1.29 is 4.74 Å². The van der Waals surface area contributed by atoms with Crippen molar-refractivity contribution in [3.05, 3.63) is 33.7 Å². The first-order chi connectivity index (χ1) is 10.3. The summed E-state index contributed by atoms with van der Waals surface area (Å²) in [6.45, 7) is 7.04. The van der Waals surface area contributed by atoms with Gasteiger partial charge in [0.25, 0.3) is 0 Å². The molecule has 1 aliphatic carbocycles. The molecule has 2 aliphatic rings. The maximum absolute atomic E-state index is 11.4. The van der Waals surface area contributed by atoms with Crippen LogP contribution in [0.15, 0.2) is 16.9 Å². The predicted molar refractivity (Wildman–Crippen MR) is 82.6 cm³/mol. The number of aryl methyl sites for hydroxylation is 1. The molecule has 2 atom stereocenters. The molecule has 1 aromatic heterocycles. The van der Waals surface area contributed by atoms with Crippen molar-refractivity contribution in [3.63, 3.8) is 0 Å². The molecule has 1 saturated heterocycles. The van der Waals surface area contributed by atoms with Gasteiger partial charge in [0.05, 0.1) is 12.7 Å². The highest BCUT2D eigenvalue weighted by Gasteiger charge is 2.24. The molecule has 116 valence electrons. The molecule has 1 aliphatic heterocycles. The SMILES string of the molecule is CCN1CCOC(CNC2CCCc3[nH]c(=O)ccc32)C1. The summed E-state index contributed by atoms with van der Waals surface area (Å²) in [5.41, 5.74) is 2.36. The molecule has 0 bridgehead atoms. The second-order valence-corrected chi connectivity index (χ2v) is 6.00. The van der Waals surface area contributed by atoms with Crippen molar-refractivity contribution in [1.82, 2.24) is 15.2 Å². The third-order valence-electron chi connectivity index (χ3n) is 4.59. The summed E-state index contributed by atoms with van der Waals surface area (Å²) < 4.78 is 5.85. The Labute approximate surface area is 125 Å². The van der Waals surface area contributed by atoms with E-state index in [0.717, 1.165) is 57.7 Å². The van der Waals surface area contributed by atoms with E-state index in [2.05, 4.69) is 22.1 Å². The topological polar surface area (TPSA) is 57.4 Å². The van der Waals surface area contributed by atoms with E-state index in [1.165, 1.54) is 5.56 Å². The molecule has 0 saturated carbocycles. The number of pyridine rings is 1. The second kappa shape index (κ2) is 6.73. The molecule has 5 nitrogen and oxygen atoms in total. The number of nitrogens with one attached hydrogen (secondary N) is 2. The lowest BCUT2D eigenvalue weighted by Crippen LogP contribution is -2.47. The Morgan fingerprint density at radius 1 is 1.48 bits per heavy atom. The van der Waals surface area contributed by atoms with Crippen LogP contribution in [0.4, 0.5) is 0 Å². The number of ether oxygens (including phenoxy) is 1. The second-order valence-electron chi connectivity index (χ2n) is 6.00. The molecule has 0 radical (unpaired) electrons. The van der Waals surface area contributed by atoms with E-state index in [1.54, 1.807) is 6.07 Å². The normalized spacial score (nSPS) is 26.5. The summed E-state index contributed by atoms with van der Waals surface area (Å²) in [5.74, 6) is 0. The van der Waals surface area contributed by atoms with Crippen LogP contribution in [-0.2, 0) is 11.2 Å². The maximum atomic E-state index is 11.4. The zero-order valence-corrected chi connectivity index (χ0v) is 12.7. The van der Waals surface area contributed by atoms with Gasteiger partial charge >= 0.3 is 0 Å². The average molecular weight is 291 g/mol. The molecule has 5 heteroatoms. The maximum Gasteiger partial charge on any atom is 0.248 e. The summed E-state index contributed by atoms with van der Waals surface area (Å²) in [6, 6.07) is 3.95. The van der Waals surface area contributed by atoms with Gasteiger partial charge in [0.1, 0.15) is 0 Å². The van der Waals surface area contributed by atoms with Gasteiger partial charge in [-0.25, -0.2) is 0 Å². The first-order valence-corrected chi connectivity index (χ1v) is 8.05. The number of hydrogen-bond acceptors (Lipinski definition) is 4. The fraction of sp³-hybridized carbons (Fsp3) is 0.688. The van der Waals surface area contributed by atoms with Gasteiger partial charge in [-0.1, -0.05) is 13.0 Å². The van der Waals surface area contributed by atoms with Gasteiger partial charge in [0, 0.05) is 37.4 Å². The van der Waals surface area contributed by atoms with Crippen LogP contribution < -0.4 is 10.9 Å². The van der Waals surface area contributed by atoms with Crippen LogP contribution in [-0.4, -0.2) is 48.8 Å². The van der Waals surface area contributed by atoms with Gasteiger partial charge in [-0.2, -0.15) is 0 Å². The molecular formula is C16H25N3O2. The molecule has 2 N–H and O–H groups in total. The Bertz CT molecular complexity index is 528. The summed E-state index contributed by atoms with van der Waals surface area (Å²) >= 11 is 0. The van der Waals surface area contributed by atoms with Crippen LogP contribution in [0.5, 0.6) is 0 Å². The highest BCUT2D eigenvalue weighted by atomic mass is 16.5. The van der Waals surface area contributed by atoms with E-state index < -0.39 is 0 Å². The van der Waals surface area contributed by atoms with Crippen molar-refractivity contribution >= 4 is 0 Å². The first kappa shape index (κ1) is 14.8. The first-order valence-electron chi connectivity index (χ1n) is 8.05. The van der Waals surface area contributed by atoms with Crippen molar-refractivity contribution in [2.24, 2.45) is 0 Å². The number of likely N-dealkylation sites (N-methyl/N-ethyl adjacent to an activating group) is 1. The van der Waals surface area contributed by atoms with Gasteiger partial charge < -0.3 is 15.0 Å². The Morgan fingerprint density at radius 3 is 3.24 bits per heavy atom. The zero-order chi connectivity index (χ0) is 14.7. The van der Waals surface area contributed by atoms with Crippen LogP contribution in [0.1, 0.15) is 37.1 Å². The molecule has 21 heavy (non-hydrogen) atoms. The standard InChI is InChI=1S/C16H25N3O2/c1-2-19-8-9-21-12(11-19)10-17-14-4-3-5-15-13(14)6-7-16(20)18-15/h6-7,12,14,17H,2-5,8-11H2,1H3,(H,18,20). The van der Waals surface area contributed by atoms with Gasteiger partial charge in [0.2, 0.25) is 5.56 Å². The number of morpholine rings is 1. The molecule has 0 spiro atoms. The van der Waals surface area contributed by atoms with E-state index in [4.69, 9.17) is 4.74 Å². The largest absolute Gasteiger partial charge is 0.374 e. The lowest BCUT2D eigenvalue weighted by Gasteiger charge is -2.34. The molecule has 0 aromatic carbocycles. The quantitative estimate of drug-likeness (QED) is 0.871. The molecule has 0 amide bonds. The number of aromatic nitrogens is 1. The van der Waals surface area contributed by atoms with Gasteiger partial charge in [-0.15, -0.1) is 0 Å². The highest BCUT2D eigenvalue weighted by Crippen LogP contribution is 2.27. The zero-order valence-electron chi connectivity index (χ0n) is 12.7. The van der Waals surface area contributed by atoms with Crippen LogP contribution >= 0.6 is 0 Å². The minimum absolute atomic E-state index is 0.00333. The molecular weight excluding hydrogens is 266 g/mol. The van der Waals surface area contributed by atoms with Crippen molar-refractivity contribution in [3.8, 4) is 0 Å². The lowest BCUT2D eigenvalue weighted by molar-refractivity contribution is -0.0266. The number of rotatable bonds is 4. The Balaban J connectivity index is 1.60. The molecule has 1 fully saturated rings. The Morgan fingerprint density at radius 2 is 2.38 bits per heavy atom. The third kappa shape index (κ3) is 3.54. The Hall–Kier alpha value is -1.17. The summed E-state index contributed by atoms with van der Waals surface area (Å²) in [4.78, 5) is 16.8. The number of nitrogens with zero attached hydrogens (tertiary/aromatic N) is 1. The number of fused-ring (bicyclic) bond motifs is 1. The smallest absolute Gasteiger partial charge is 0.248 e. The van der Waals surface area contributed by atoms with Crippen LogP contribution in [0.25, 0.3) is 0 Å². The molecule has 3 rings (SSSR count). The third-order valence-corrected chi connectivity index (χ3v) is 4.59. The van der Waals surface area contributed by atoms with E-state index in [-0.39, 0.29) is 11.7 Å². The minimum atomic E-state index is 0.00333. The fourth-order valence-corrected chi connectivity index (χ4v) is 3.38. The predicted octanol–water partition coefficient (Wildman–Crippen LogP) is 1.06. The van der Waals surface area contributed by atoms with Crippen molar-refractivity contribution in [1.29, 1.82) is 0 Å². The number of H-pyrrole nitrogens is 1. The Kier molecular flexibility index (Phi) is 4.73. The minimum Gasteiger partial charge on any atom is -0.374 e. The van der Waals surface area contributed by atoms with E-state index in [0.29, 0.717) is 6.04 Å². The van der Waals surface area contributed by atoms with Gasteiger partial charge in [-0.3, -0.25) is 9.69 Å². The van der Waals surface area contributed by atoms with E-state index >= 15 is 0 Å². The van der Waals surface area contributed by atoms with Gasteiger partial charge in [0.15, 0.2) is 0 Å². The monoisotopic (exact) mass is 291 g/mol. The summed E-state index contributed by atoms with van der Waals surface area (Å²) in [6.07, 6.45) is 3.50. The summed E-state index contributed by atoms with van der Waals surface area (Å²) in [5, 5.41) is 3.64. The lowest BCUT2D eigenvalue weighted by atomic mass is 9.91. The number of aromatic amines is 1. The summed E-state index contributed by atoms with van der Waals surface area (Å²) in [7, 11) is 0. The van der Waals surface area contributed by atoms with Crippen LogP contribution in [0, 0.1) is 0 Å². The van der Waals surface area contributed by atoms with Crippen molar-refractivity contribution in [2.45, 2.75) is 38.3 Å². The average Bonchev–Trinajstić information content (AvgIpc) is 2.52. The highest BCUT2D eigenvalue weighted by molar-refractivity contribution is 5.26. The molecule has 2 unspecified atom stereocenters. The fourth-order valence-electron chi connectivity index (χ4n) is 3.38. The van der Waals surface area contributed by atoms with Crippen LogP contribution in [0.2, 0.25) is 0 Å². The van der Waals surface area contributed by atoms with Crippen molar-refractivity contribution in [2.75, 3.05) is 32.8 Å². The van der Waals surface area contributed by atoms with Crippen LogP contribution in [0.3, 0.4) is 0 Å².